The average Bonchev–Trinajstić information content (AvgIpc) is 3.07. The molecule has 0 saturated heterocycles. The molecule has 1 aliphatic rings. The largest absolute Gasteiger partial charge is 0.376 e. The van der Waals surface area contributed by atoms with Gasteiger partial charge in [-0.25, -0.2) is 0 Å². The van der Waals surface area contributed by atoms with E-state index in [0.29, 0.717) is 12.1 Å². The van der Waals surface area contributed by atoms with Gasteiger partial charge >= 0.3 is 0 Å². The molecule has 0 aromatic carbocycles. The van der Waals surface area contributed by atoms with E-state index in [1.807, 2.05) is 11.3 Å². The molecule has 1 heterocycles. The van der Waals surface area contributed by atoms with Gasteiger partial charge in [0.25, 0.3) is 0 Å². The second-order valence-corrected chi connectivity index (χ2v) is 5.85. The maximum Gasteiger partial charge on any atom is 0.0798 e. The van der Waals surface area contributed by atoms with Crippen LogP contribution in [-0.2, 0) is 4.74 Å². The first kappa shape index (κ1) is 13.1. The molecule has 3 heteroatoms. The molecule has 1 aromatic rings. The predicted octanol–water partition coefficient (Wildman–Crippen LogP) is 3.52. The van der Waals surface area contributed by atoms with Crippen molar-refractivity contribution >= 4 is 11.3 Å². The minimum absolute atomic E-state index is 0.355. The first-order valence-electron chi connectivity index (χ1n) is 6.66. The Labute approximate surface area is 108 Å². The van der Waals surface area contributed by atoms with Crippen LogP contribution < -0.4 is 5.32 Å². The van der Waals surface area contributed by atoms with E-state index in [1.54, 1.807) is 0 Å². The molecule has 17 heavy (non-hydrogen) atoms. The smallest absolute Gasteiger partial charge is 0.0798 e. The van der Waals surface area contributed by atoms with Gasteiger partial charge in [0.05, 0.1) is 12.1 Å². The van der Waals surface area contributed by atoms with Crippen LogP contribution in [0.2, 0.25) is 0 Å². The highest BCUT2D eigenvalue weighted by atomic mass is 32.1. The van der Waals surface area contributed by atoms with Crippen molar-refractivity contribution in [2.24, 2.45) is 5.92 Å². The average molecular weight is 253 g/mol. The molecule has 1 aliphatic carbocycles. The molecule has 1 fully saturated rings. The highest BCUT2D eigenvalue weighted by Gasteiger charge is 2.38. The molecule has 2 nitrogen and oxygen atoms in total. The second-order valence-electron chi connectivity index (χ2n) is 4.72. The van der Waals surface area contributed by atoms with Crippen LogP contribution >= 0.6 is 11.3 Å². The van der Waals surface area contributed by atoms with Crippen LogP contribution in [0.15, 0.2) is 11.4 Å². The quantitative estimate of drug-likeness (QED) is 0.802. The van der Waals surface area contributed by atoms with Crippen molar-refractivity contribution in [3.05, 3.63) is 21.9 Å². The maximum absolute atomic E-state index is 6.00. The van der Waals surface area contributed by atoms with Crippen molar-refractivity contribution in [2.45, 2.75) is 45.8 Å². The van der Waals surface area contributed by atoms with E-state index in [0.717, 1.165) is 19.1 Å². The number of hydrogen-bond acceptors (Lipinski definition) is 3. The summed E-state index contributed by atoms with van der Waals surface area (Å²) in [5.74, 6) is 0.762. The highest BCUT2D eigenvalue weighted by Crippen LogP contribution is 2.41. The lowest BCUT2D eigenvalue weighted by atomic mass is 9.98. The van der Waals surface area contributed by atoms with Crippen LogP contribution in [0.1, 0.15) is 43.2 Å². The Bertz CT molecular complexity index is 346. The minimum Gasteiger partial charge on any atom is -0.376 e. The van der Waals surface area contributed by atoms with Crippen molar-refractivity contribution in [3.63, 3.8) is 0 Å². The molecule has 2 atom stereocenters. The first-order valence-corrected chi connectivity index (χ1v) is 7.54. The van der Waals surface area contributed by atoms with Crippen LogP contribution in [0.3, 0.4) is 0 Å². The van der Waals surface area contributed by atoms with E-state index < -0.39 is 0 Å². The summed E-state index contributed by atoms with van der Waals surface area (Å²) in [6, 6.07) is 2.63. The molecule has 0 aliphatic heterocycles. The summed E-state index contributed by atoms with van der Waals surface area (Å²) < 4.78 is 6.00. The molecule has 1 N–H and O–H groups in total. The van der Waals surface area contributed by atoms with Gasteiger partial charge in [-0.05, 0) is 56.2 Å². The standard InChI is InChI=1S/C14H23NOS/c1-4-15-13(12-8-9-17-10(12)3)14(16-5-2)11-6-7-11/h8-9,11,13-15H,4-7H2,1-3H3. The van der Waals surface area contributed by atoms with E-state index in [-0.39, 0.29) is 0 Å². The summed E-state index contributed by atoms with van der Waals surface area (Å²) in [5.41, 5.74) is 1.43. The Morgan fingerprint density at radius 2 is 2.24 bits per heavy atom. The van der Waals surface area contributed by atoms with E-state index in [2.05, 4.69) is 37.5 Å². The zero-order chi connectivity index (χ0) is 12.3. The van der Waals surface area contributed by atoms with Crippen molar-refractivity contribution < 1.29 is 4.74 Å². The number of nitrogens with one attached hydrogen (secondary N) is 1. The molecular weight excluding hydrogens is 230 g/mol. The SMILES string of the molecule is CCNC(c1ccsc1C)C(OCC)C1CC1. The normalized spacial score (nSPS) is 19.2. The fourth-order valence-corrected chi connectivity index (χ4v) is 3.21. The Kier molecular flexibility index (Phi) is 4.60. The molecule has 0 radical (unpaired) electrons. The van der Waals surface area contributed by atoms with Crippen LogP contribution in [0, 0.1) is 12.8 Å². The summed E-state index contributed by atoms with van der Waals surface area (Å²) >= 11 is 1.83. The van der Waals surface area contributed by atoms with Gasteiger partial charge in [0.2, 0.25) is 0 Å². The van der Waals surface area contributed by atoms with Gasteiger partial charge in [-0.15, -0.1) is 11.3 Å². The number of rotatable bonds is 7. The molecule has 1 saturated carbocycles. The molecule has 2 unspecified atom stereocenters. The van der Waals surface area contributed by atoms with Gasteiger partial charge in [0.15, 0.2) is 0 Å². The molecule has 0 bridgehead atoms. The third-order valence-electron chi connectivity index (χ3n) is 3.43. The molecule has 96 valence electrons. The van der Waals surface area contributed by atoms with Crippen molar-refractivity contribution in [2.75, 3.05) is 13.2 Å². The van der Waals surface area contributed by atoms with E-state index in [1.165, 1.54) is 23.3 Å². The van der Waals surface area contributed by atoms with E-state index in [4.69, 9.17) is 4.74 Å². The number of aryl methyl sites for hydroxylation is 1. The Hall–Kier alpha value is -0.380. The van der Waals surface area contributed by atoms with Crippen molar-refractivity contribution in [1.29, 1.82) is 0 Å². The maximum atomic E-state index is 6.00. The van der Waals surface area contributed by atoms with Gasteiger partial charge in [-0.1, -0.05) is 6.92 Å². The zero-order valence-corrected chi connectivity index (χ0v) is 11.8. The fraction of sp³-hybridized carbons (Fsp3) is 0.714. The van der Waals surface area contributed by atoms with Gasteiger partial charge in [-0.2, -0.15) is 0 Å². The minimum atomic E-state index is 0.355. The Balaban J connectivity index is 2.17. The summed E-state index contributed by atoms with van der Waals surface area (Å²) in [4.78, 5) is 1.42. The number of ether oxygens (including phenoxy) is 1. The van der Waals surface area contributed by atoms with Gasteiger partial charge in [0, 0.05) is 11.5 Å². The van der Waals surface area contributed by atoms with E-state index >= 15 is 0 Å². The van der Waals surface area contributed by atoms with Gasteiger partial charge < -0.3 is 10.1 Å². The van der Waals surface area contributed by atoms with Crippen molar-refractivity contribution in [3.8, 4) is 0 Å². The topological polar surface area (TPSA) is 21.3 Å². The van der Waals surface area contributed by atoms with E-state index in [9.17, 15) is 0 Å². The van der Waals surface area contributed by atoms with Crippen LogP contribution in [0.5, 0.6) is 0 Å². The molecular formula is C14H23NOS. The summed E-state index contributed by atoms with van der Waals surface area (Å²) in [7, 11) is 0. The lowest BCUT2D eigenvalue weighted by Crippen LogP contribution is -2.35. The third kappa shape index (κ3) is 3.09. The van der Waals surface area contributed by atoms with Crippen LogP contribution in [-0.4, -0.2) is 19.3 Å². The third-order valence-corrected chi connectivity index (χ3v) is 4.29. The number of thiophene rings is 1. The fourth-order valence-electron chi connectivity index (χ4n) is 2.46. The molecule has 2 rings (SSSR count). The predicted molar refractivity (Wildman–Crippen MR) is 73.6 cm³/mol. The lowest BCUT2D eigenvalue weighted by molar-refractivity contribution is 0.0189. The number of likely N-dealkylation sites (N-methyl/N-ethyl adjacent to an activating group) is 1. The lowest BCUT2D eigenvalue weighted by Gasteiger charge is -2.28. The van der Waals surface area contributed by atoms with Crippen molar-refractivity contribution in [1.82, 2.24) is 5.32 Å². The molecule has 0 spiro atoms. The monoisotopic (exact) mass is 253 g/mol. The zero-order valence-electron chi connectivity index (χ0n) is 11.0. The summed E-state index contributed by atoms with van der Waals surface area (Å²) in [6.07, 6.45) is 3.01. The van der Waals surface area contributed by atoms with Crippen LogP contribution in [0.4, 0.5) is 0 Å². The summed E-state index contributed by atoms with van der Waals surface area (Å²) in [6.45, 7) is 8.28. The van der Waals surface area contributed by atoms with Gasteiger partial charge in [0.1, 0.15) is 0 Å². The first-order chi connectivity index (χ1) is 8.27. The second kappa shape index (κ2) is 5.98. The molecule has 1 aromatic heterocycles. The number of hydrogen-bond donors (Lipinski definition) is 1. The highest BCUT2D eigenvalue weighted by molar-refractivity contribution is 7.10. The van der Waals surface area contributed by atoms with Gasteiger partial charge in [-0.3, -0.25) is 0 Å². The van der Waals surface area contributed by atoms with Crippen LogP contribution in [0.25, 0.3) is 0 Å². The Morgan fingerprint density at radius 1 is 1.47 bits per heavy atom. The Morgan fingerprint density at radius 3 is 2.71 bits per heavy atom. The molecule has 0 amide bonds. The summed E-state index contributed by atoms with van der Waals surface area (Å²) in [5, 5.41) is 5.80.